The number of aryl methyl sites for hydroxylation is 1. The predicted octanol–water partition coefficient (Wildman–Crippen LogP) is 4.54. The van der Waals surface area contributed by atoms with Gasteiger partial charge in [0.05, 0.1) is 6.10 Å². The lowest BCUT2D eigenvalue weighted by Crippen LogP contribution is -2.29. The van der Waals surface area contributed by atoms with Gasteiger partial charge in [-0.1, -0.05) is 31.9 Å². The van der Waals surface area contributed by atoms with Crippen LogP contribution >= 0.6 is 0 Å². The van der Waals surface area contributed by atoms with Gasteiger partial charge < -0.3 is 5.11 Å². The third kappa shape index (κ3) is 7.40. The molecule has 1 unspecified atom stereocenters. The van der Waals surface area contributed by atoms with E-state index in [4.69, 9.17) is 0 Å². The Balaban J connectivity index is 3.03. The summed E-state index contributed by atoms with van der Waals surface area (Å²) in [7, 11) is 0. The van der Waals surface area contributed by atoms with Gasteiger partial charge in [-0.3, -0.25) is 4.90 Å². The van der Waals surface area contributed by atoms with E-state index in [-0.39, 0.29) is 12.1 Å². The Morgan fingerprint density at radius 1 is 1.20 bits per heavy atom. The van der Waals surface area contributed by atoms with Gasteiger partial charge in [0.25, 0.3) is 0 Å². The molecule has 0 spiro atoms. The lowest BCUT2D eigenvalue weighted by molar-refractivity contribution is -0.141. The number of hydrogen-bond acceptors (Lipinski definition) is 3. The monoisotopic (exact) mass is 356 g/mol. The third-order valence-electron chi connectivity index (χ3n) is 3.82. The molecule has 0 aliphatic heterocycles. The molecular formula is C19H27F3N2O. The summed E-state index contributed by atoms with van der Waals surface area (Å²) in [6.07, 6.45) is 0.959. The first-order chi connectivity index (χ1) is 11.8. The Hall–Kier alpha value is -1.66. The van der Waals surface area contributed by atoms with Gasteiger partial charge in [0.15, 0.2) is 0 Å². The molecule has 1 atom stereocenters. The van der Waals surface area contributed by atoms with Crippen LogP contribution in [-0.2, 0) is 12.6 Å². The van der Waals surface area contributed by atoms with E-state index < -0.39 is 18.0 Å². The number of alkyl halides is 3. The quantitative estimate of drug-likeness (QED) is 0.467. The number of hydrogen-bond donors (Lipinski definition) is 1. The zero-order valence-corrected chi connectivity index (χ0v) is 14.7. The normalized spacial score (nSPS) is 13.0. The highest BCUT2D eigenvalue weighted by Crippen LogP contribution is 2.30. The highest BCUT2D eigenvalue weighted by molar-refractivity contribution is 5.25. The molecule has 1 aromatic rings. The highest BCUT2D eigenvalue weighted by atomic mass is 19.4. The number of rotatable bonds is 11. The molecular weight excluding hydrogens is 329 g/mol. The molecule has 0 radical (unpaired) electrons. The van der Waals surface area contributed by atoms with E-state index in [2.05, 4.69) is 18.1 Å². The number of nitrogens with zero attached hydrogens (tertiary/aromatic N) is 2. The van der Waals surface area contributed by atoms with Crippen LogP contribution in [0.3, 0.4) is 0 Å². The summed E-state index contributed by atoms with van der Waals surface area (Å²) >= 11 is 0. The molecule has 25 heavy (non-hydrogen) atoms. The van der Waals surface area contributed by atoms with Crippen molar-refractivity contribution < 1.29 is 18.3 Å². The van der Waals surface area contributed by atoms with E-state index in [1.54, 1.807) is 18.2 Å². The van der Waals surface area contributed by atoms with Crippen molar-refractivity contribution in [3.8, 4) is 0 Å². The predicted molar refractivity (Wildman–Crippen MR) is 94.3 cm³/mol. The molecule has 0 fully saturated rings. The second-order valence-corrected chi connectivity index (χ2v) is 6.04. The minimum Gasteiger partial charge on any atom is -0.387 e. The van der Waals surface area contributed by atoms with Crippen LogP contribution in [0.15, 0.2) is 37.4 Å². The van der Waals surface area contributed by atoms with Crippen LogP contribution < -0.4 is 0 Å². The zero-order valence-electron chi connectivity index (χ0n) is 14.7. The van der Waals surface area contributed by atoms with Gasteiger partial charge in [-0.25, -0.2) is 4.98 Å². The minimum absolute atomic E-state index is 0.202. The number of halogens is 3. The Bertz CT molecular complexity index is 548. The summed E-state index contributed by atoms with van der Waals surface area (Å²) < 4.78 is 39.4. The molecule has 0 aliphatic rings. The van der Waals surface area contributed by atoms with Gasteiger partial charge in [-0.2, -0.15) is 13.2 Å². The maximum Gasteiger partial charge on any atom is 0.433 e. The average Bonchev–Trinajstić information content (AvgIpc) is 2.54. The van der Waals surface area contributed by atoms with E-state index >= 15 is 0 Å². The van der Waals surface area contributed by atoms with E-state index in [1.807, 2.05) is 11.8 Å². The fraction of sp³-hybridized carbons (Fsp3) is 0.526. The Kier molecular flexibility index (Phi) is 8.86. The summed E-state index contributed by atoms with van der Waals surface area (Å²) in [6, 6.07) is 2.52. The molecule has 0 aromatic carbocycles. The fourth-order valence-corrected chi connectivity index (χ4v) is 2.57. The largest absolute Gasteiger partial charge is 0.433 e. The van der Waals surface area contributed by atoms with Crippen LogP contribution in [0.1, 0.15) is 49.2 Å². The molecule has 1 heterocycles. The standard InChI is InChI=1S/C19H27F3N2O/c1-4-7-8-9-16-12-15(13-18(23-16)19(20,21)22)17(25)14-24(10-5-2)11-6-3/h5-6,12-13,17,25H,2-4,7-11,14H2,1H3. The van der Waals surface area contributed by atoms with E-state index in [9.17, 15) is 18.3 Å². The first-order valence-electron chi connectivity index (χ1n) is 8.52. The highest BCUT2D eigenvalue weighted by Gasteiger charge is 2.33. The summed E-state index contributed by atoms with van der Waals surface area (Å²) in [6.45, 7) is 10.6. The lowest BCUT2D eigenvalue weighted by Gasteiger charge is -2.23. The average molecular weight is 356 g/mol. The van der Waals surface area contributed by atoms with Gasteiger partial charge in [0.2, 0.25) is 0 Å². The first kappa shape index (κ1) is 21.4. The molecule has 0 aliphatic carbocycles. The summed E-state index contributed by atoms with van der Waals surface area (Å²) in [5.74, 6) is 0. The van der Waals surface area contributed by atoms with Crippen molar-refractivity contribution >= 4 is 0 Å². The second kappa shape index (κ2) is 10.4. The summed E-state index contributed by atoms with van der Waals surface area (Å²) in [5.41, 5.74) is -0.335. The molecule has 0 amide bonds. The molecule has 0 saturated heterocycles. The van der Waals surface area contributed by atoms with Crippen LogP contribution in [0.5, 0.6) is 0 Å². The van der Waals surface area contributed by atoms with Crippen LogP contribution in [0.25, 0.3) is 0 Å². The zero-order chi connectivity index (χ0) is 18.9. The minimum atomic E-state index is -4.53. The Labute approximate surface area is 147 Å². The maximum absolute atomic E-state index is 13.1. The van der Waals surface area contributed by atoms with Crippen molar-refractivity contribution in [1.82, 2.24) is 9.88 Å². The van der Waals surface area contributed by atoms with E-state index in [1.165, 1.54) is 0 Å². The third-order valence-corrected chi connectivity index (χ3v) is 3.82. The van der Waals surface area contributed by atoms with Crippen molar-refractivity contribution in [2.24, 2.45) is 0 Å². The summed E-state index contributed by atoms with van der Waals surface area (Å²) in [5, 5.41) is 10.4. The number of aromatic nitrogens is 1. The van der Waals surface area contributed by atoms with Gasteiger partial charge >= 0.3 is 6.18 Å². The fourth-order valence-electron chi connectivity index (χ4n) is 2.57. The number of aliphatic hydroxyl groups excluding tert-OH is 1. The molecule has 1 aromatic heterocycles. The molecule has 6 heteroatoms. The van der Waals surface area contributed by atoms with Gasteiger partial charge in [0, 0.05) is 25.3 Å². The number of unbranched alkanes of at least 4 members (excludes halogenated alkanes) is 2. The number of aliphatic hydroxyl groups is 1. The first-order valence-corrected chi connectivity index (χ1v) is 8.52. The second-order valence-electron chi connectivity index (χ2n) is 6.04. The molecule has 0 bridgehead atoms. The van der Waals surface area contributed by atoms with Crippen LogP contribution in [0, 0.1) is 0 Å². The molecule has 1 rings (SSSR count). The van der Waals surface area contributed by atoms with E-state index in [0.717, 1.165) is 25.3 Å². The topological polar surface area (TPSA) is 36.4 Å². The van der Waals surface area contributed by atoms with Crippen molar-refractivity contribution in [3.63, 3.8) is 0 Å². The molecule has 3 nitrogen and oxygen atoms in total. The van der Waals surface area contributed by atoms with E-state index in [0.29, 0.717) is 25.2 Å². The molecule has 140 valence electrons. The Morgan fingerprint density at radius 3 is 2.36 bits per heavy atom. The van der Waals surface area contributed by atoms with Gasteiger partial charge in [0.1, 0.15) is 5.69 Å². The van der Waals surface area contributed by atoms with Crippen molar-refractivity contribution in [2.75, 3.05) is 19.6 Å². The van der Waals surface area contributed by atoms with Crippen molar-refractivity contribution in [2.45, 2.75) is 44.9 Å². The van der Waals surface area contributed by atoms with Crippen molar-refractivity contribution in [3.05, 3.63) is 54.4 Å². The summed E-state index contributed by atoms with van der Waals surface area (Å²) in [4.78, 5) is 5.58. The molecule has 1 N–H and O–H groups in total. The Morgan fingerprint density at radius 2 is 1.84 bits per heavy atom. The van der Waals surface area contributed by atoms with Crippen LogP contribution in [0.4, 0.5) is 13.2 Å². The van der Waals surface area contributed by atoms with Crippen LogP contribution in [0.2, 0.25) is 0 Å². The van der Waals surface area contributed by atoms with Crippen LogP contribution in [-0.4, -0.2) is 34.6 Å². The smallest absolute Gasteiger partial charge is 0.387 e. The number of pyridine rings is 1. The maximum atomic E-state index is 13.1. The SMILES string of the molecule is C=CCN(CC=C)CC(O)c1cc(CCCCC)nc(C(F)(F)F)c1. The van der Waals surface area contributed by atoms with Gasteiger partial charge in [-0.05, 0) is 30.5 Å². The van der Waals surface area contributed by atoms with Gasteiger partial charge in [-0.15, -0.1) is 13.2 Å². The molecule has 0 saturated carbocycles. The lowest BCUT2D eigenvalue weighted by atomic mass is 10.0. The van der Waals surface area contributed by atoms with Crippen molar-refractivity contribution in [1.29, 1.82) is 0 Å².